The number of hydrogen-bond donors (Lipinski definition) is 1. The van der Waals surface area contributed by atoms with Gasteiger partial charge in [0, 0.05) is 6.92 Å². The molecular formula is C8H14ClN4+. The molecule has 0 fully saturated rings. The van der Waals surface area contributed by atoms with Crippen molar-refractivity contribution in [3.05, 3.63) is 11.1 Å². The van der Waals surface area contributed by atoms with Gasteiger partial charge in [0.25, 0.3) is 0 Å². The summed E-state index contributed by atoms with van der Waals surface area (Å²) in [6.45, 7) is 4.86. The number of unbranched alkanes of at least 4 members (excludes halogenated alkanes) is 1. The van der Waals surface area contributed by atoms with E-state index >= 15 is 0 Å². The highest BCUT2D eigenvalue weighted by molar-refractivity contribution is 6.27. The molecule has 5 heteroatoms. The lowest BCUT2D eigenvalue weighted by molar-refractivity contribution is -0.367. The van der Waals surface area contributed by atoms with Crippen LogP contribution in [-0.2, 0) is 0 Å². The summed E-state index contributed by atoms with van der Waals surface area (Å²) >= 11 is 5.72. The molecule has 0 unspecified atom stereocenters. The van der Waals surface area contributed by atoms with Crippen LogP contribution in [0.4, 0.5) is 5.95 Å². The summed E-state index contributed by atoms with van der Waals surface area (Å²) in [5.41, 5.74) is 0. The summed E-state index contributed by atoms with van der Waals surface area (Å²) in [6, 6.07) is 0. The number of rotatable bonds is 4. The number of nitrogens with zero attached hydrogens (tertiary/aromatic N) is 2. The number of aryl methyl sites for hydroxylation is 1. The van der Waals surface area contributed by atoms with E-state index in [0.29, 0.717) is 17.1 Å². The molecule has 1 aromatic rings. The first kappa shape index (κ1) is 10.2. The second kappa shape index (κ2) is 4.97. The fraction of sp³-hybridized carbons (Fsp3) is 0.625. The number of hydrogen-bond acceptors (Lipinski definition) is 3. The summed E-state index contributed by atoms with van der Waals surface area (Å²) in [5.74, 6) is 1.36. The molecule has 0 aliphatic rings. The van der Waals surface area contributed by atoms with Gasteiger partial charge in [0.1, 0.15) is 0 Å². The molecule has 0 radical (unpaired) electrons. The molecule has 4 nitrogen and oxygen atoms in total. The van der Waals surface area contributed by atoms with Gasteiger partial charge in [-0.05, 0) is 18.0 Å². The first-order chi connectivity index (χ1) is 6.22. The Morgan fingerprint density at radius 1 is 1.46 bits per heavy atom. The normalized spacial score (nSPS) is 10.1. The minimum Gasteiger partial charge on any atom is -0.295 e. The lowest BCUT2D eigenvalue weighted by Crippen LogP contribution is -2.19. The number of nitrogens with one attached hydrogen (secondary N) is 2. The average molecular weight is 202 g/mol. The van der Waals surface area contributed by atoms with Gasteiger partial charge in [0.15, 0.2) is 0 Å². The van der Waals surface area contributed by atoms with E-state index in [1.54, 1.807) is 0 Å². The van der Waals surface area contributed by atoms with Crippen LogP contribution >= 0.6 is 11.6 Å². The van der Waals surface area contributed by atoms with E-state index in [1.165, 1.54) is 0 Å². The molecule has 0 aromatic carbocycles. The SMILES string of the molecule is CCCCNc1nc(C)nc(Cl)[nH+]1. The van der Waals surface area contributed by atoms with Crippen molar-refractivity contribution < 1.29 is 4.98 Å². The van der Waals surface area contributed by atoms with Gasteiger partial charge in [0.2, 0.25) is 5.82 Å². The molecule has 2 N–H and O–H groups in total. The van der Waals surface area contributed by atoms with Crippen LogP contribution in [0.25, 0.3) is 0 Å². The third-order valence-corrected chi connectivity index (χ3v) is 1.76. The van der Waals surface area contributed by atoms with E-state index in [0.717, 1.165) is 19.4 Å². The predicted octanol–water partition coefficient (Wildman–Crippen LogP) is 1.46. The monoisotopic (exact) mass is 201 g/mol. The average Bonchev–Trinajstić information content (AvgIpc) is 2.03. The first-order valence-corrected chi connectivity index (χ1v) is 4.77. The third kappa shape index (κ3) is 3.55. The van der Waals surface area contributed by atoms with Gasteiger partial charge in [-0.2, -0.15) is 0 Å². The molecule has 0 bridgehead atoms. The Labute approximate surface area is 82.8 Å². The summed E-state index contributed by atoms with van der Waals surface area (Å²) in [4.78, 5) is 10.9. The Hall–Kier alpha value is -0.900. The van der Waals surface area contributed by atoms with Crippen molar-refractivity contribution >= 4 is 17.5 Å². The van der Waals surface area contributed by atoms with Crippen molar-refractivity contribution in [3.8, 4) is 0 Å². The van der Waals surface area contributed by atoms with Crippen LogP contribution in [0, 0.1) is 6.92 Å². The fourth-order valence-corrected chi connectivity index (χ4v) is 1.16. The highest BCUT2D eigenvalue weighted by atomic mass is 35.5. The van der Waals surface area contributed by atoms with Gasteiger partial charge in [0.05, 0.1) is 6.54 Å². The predicted molar refractivity (Wildman–Crippen MR) is 51.7 cm³/mol. The Morgan fingerprint density at radius 2 is 2.23 bits per heavy atom. The number of H-pyrrole nitrogens is 1. The van der Waals surface area contributed by atoms with Crippen LogP contribution in [0.2, 0.25) is 5.28 Å². The van der Waals surface area contributed by atoms with Gasteiger partial charge in [-0.3, -0.25) is 5.32 Å². The smallest absolute Gasteiger partial charge is 0.295 e. The summed E-state index contributed by atoms with van der Waals surface area (Å²) in [5, 5.41) is 3.50. The number of aromatic amines is 1. The van der Waals surface area contributed by atoms with Gasteiger partial charge in [-0.15, -0.1) is 0 Å². The number of aromatic nitrogens is 3. The van der Waals surface area contributed by atoms with E-state index in [1.807, 2.05) is 6.92 Å². The van der Waals surface area contributed by atoms with Crippen molar-refractivity contribution in [3.63, 3.8) is 0 Å². The van der Waals surface area contributed by atoms with E-state index in [4.69, 9.17) is 11.6 Å². The minimum absolute atomic E-state index is 0.367. The molecule has 0 spiro atoms. The van der Waals surface area contributed by atoms with Crippen molar-refractivity contribution in [2.75, 3.05) is 11.9 Å². The van der Waals surface area contributed by atoms with Crippen molar-refractivity contribution in [1.82, 2.24) is 9.97 Å². The standard InChI is InChI=1S/C8H13ClN4/c1-3-4-5-10-8-12-6(2)11-7(9)13-8/h3-5H2,1-2H3,(H,10,11,12,13)/p+1. The second-order valence-corrected chi connectivity index (χ2v) is 3.17. The quantitative estimate of drug-likeness (QED) is 0.751. The maximum atomic E-state index is 5.72. The maximum absolute atomic E-state index is 5.72. The molecule has 13 heavy (non-hydrogen) atoms. The molecule has 0 aliphatic heterocycles. The molecule has 1 aromatic heterocycles. The van der Waals surface area contributed by atoms with E-state index in [-0.39, 0.29) is 0 Å². The molecule has 0 saturated carbocycles. The zero-order valence-electron chi connectivity index (χ0n) is 7.89. The van der Waals surface area contributed by atoms with Crippen molar-refractivity contribution in [2.24, 2.45) is 0 Å². The zero-order valence-corrected chi connectivity index (χ0v) is 8.65. The van der Waals surface area contributed by atoms with Gasteiger partial charge in [-0.1, -0.05) is 23.3 Å². The molecular weight excluding hydrogens is 188 g/mol. The maximum Gasteiger partial charge on any atom is 0.348 e. The number of halogens is 1. The summed E-state index contributed by atoms with van der Waals surface area (Å²) in [6.07, 6.45) is 2.28. The summed E-state index contributed by atoms with van der Waals surface area (Å²) < 4.78 is 0. The highest BCUT2D eigenvalue weighted by Crippen LogP contribution is 1.99. The zero-order chi connectivity index (χ0) is 9.68. The first-order valence-electron chi connectivity index (χ1n) is 4.39. The largest absolute Gasteiger partial charge is 0.348 e. The molecule has 72 valence electrons. The van der Waals surface area contributed by atoms with Gasteiger partial charge in [-0.25, -0.2) is 4.98 Å². The Bertz CT molecular complexity index is 257. The van der Waals surface area contributed by atoms with Crippen LogP contribution in [0.1, 0.15) is 25.6 Å². The Balaban J connectivity index is 2.56. The van der Waals surface area contributed by atoms with Crippen molar-refractivity contribution in [2.45, 2.75) is 26.7 Å². The lowest BCUT2D eigenvalue weighted by atomic mass is 10.3. The highest BCUT2D eigenvalue weighted by Gasteiger charge is 2.07. The molecule has 1 rings (SSSR count). The van der Waals surface area contributed by atoms with Crippen LogP contribution in [-0.4, -0.2) is 16.5 Å². The lowest BCUT2D eigenvalue weighted by Gasteiger charge is -1.97. The van der Waals surface area contributed by atoms with Gasteiger partial charge >= 0.3 is 11.2 Å². The Morgan fingerprint density at radius 3 is 2.85 bits per heavy atom. The molecule has 0 aliphatic carbocycles. The number of anilines is 1. The van der Waals surface area contributed by atoms with E-state index < -0.39 is 0 Å². The van der Waals surface area contributed by atoms with Crippen molar-refractivity contribution in [1.29, 1.82) is 0 Å². The van der Waals surface area contributed by atoms with Crippen LogP contribution in [0.5, 0.6) is 0 Å². The van der Waals surface area contributed by atoms with Gasteiger partial charge < -0.3 is 0 Å². The molecule has 1 heterocycles. The van der Waals surface area contributed by atoms with Crippen LogP contribution in [0.3, 0.4) is 0 Å². The van der Waals surface area contributed by atoms with E-state index in [9.17, 15) is 0 Å². The minimum atomic E-state index is 0.367. The fourth-order valence-electron chi connectivity index (χ4n) is 0.950. The molecule has 0 amide bonds. The summed E-state index contributed by atoms with van der Waals surface area (Å²) in [7, 11) is 0. The Kier molecular flexibility index (Phi) is 3.89. The second-order valence-electron chi connectivity index (χ2n) is 2.82. The van der Waals surface area contributed by atoms with Crippen LogP contribution in [0.15, 0.2) is 0 Å². The third-order valence-electron chi connectivity index (χ3n) is 1.58. The molecule has 0 atom stereocenters. The van der Waals surface area contributed by atoms with Crippen LogP contribution < -0.4 is 10.3 Å². The van der Waals surface area contributed by atoms with E-state index in [2.05, 4.69) is 27.2 Å². The topological polar surface area (TPSA) is 52.0 Å². The molecule has 0 saturated heterocycles.